The van der Waals surface area contributed by atoms with Crippen LogP contribution in [0, 0.1) is 0 Å². The highest BCUT2D eigenvalue weighted by atomic mass is 16.2. The summed E-state index contributed by atoms with van der Waals surface area (Å²) in [6.45, 7) is 5.69. The van der Waals surface area contributed by atoms with Crippen molar-refractivity contribution in [3.05, 3.63) is 42.5 Å². The van der Waals surface area contributed by atoms with Crippen molar-refractivity contribution in [3.63, 3.8) is 0 Å². The van der Waals surface area contributed by atoms with Crippen LogP contribution in [0.25, 0.3) is 0 Å². The van der Waals surface area contributed by atoms with Gasteiger partial charge in [-0.15, -0.1) is 0 Å². The molecule has 3 rings (SSSR count). The number of nitrogens with zero attached hydrogens (tertiary/aromatic N) is 5. The van der Waals surface area contributed by atoms with E-state index in [-0.39, 0.29) is 5.91 Å². The number of hydrogen-bond acceptors (Lipinski definition) is 5. The first-order valence-corrected chi connectivity index (χ1v) is 8.35. The minimum Gasteiger partial charge on any atom is -0.357 e. The van der Waals surface area contributed by atoms with Crippen LogP contribution in [-0.2, 0) is 16.9 Å². The summed E-state index contributed by atoms with van der Waals surface area (Å²) < 4.78 is 2.14. The summed E-state index contributed by atoms with van der Waals surface area (Å²) in [5.41, 5.74) is -0.0824. The largest absolute Gasteiger partial charge is 0.357 e. The topological polar surface area (TPSA) is 75.9 Å². The van der Waals surface area contributed by atoms with E-state index in [1.165, 1.54) is 0 Å². The second-order valence-electron chi connectivity index (χ2n) is 6.40. The molecule has 2 aromatic heterocycles. The molecule has 1 N–H and O–H groups in total. The maximum atomic E-state index is 12.8. The molecule has 24 heavy (non-hydrogen) atoms. The third-order valence-corrected chi connectivity index (χ3v) is 4.73. The van der Waals surface area contributed by atoms with E-state index in [1.807, 2.05) is 12.4 Å². The van der Waals surface area contributed by atoms with Crippen molar-refractivity contribution in [2.45, 2.75) is 44.8 Å². The highest BCUT2D eigenvalue weighted by Crippen LogP contribution is 2.39. The standard InChI is InChI=1S/C17H24N6O/c1-13(2)23-10-8-21-15(23)12-22-9-4-5-17(22,16(24)18-3)14-11-19-6-7-20-14/h6-8,10-11,13H,4-5,9,12H2,1-3H3,(H,18,24)/t17-/m1/s1. The Balaban J connectivity index is 1.99. The lowest BCUT2D eigenvalue weighted by molar-refractivity contribution is -0.132. The van der Waals surface area contributed by atoms with Crippen molar-refractivity contribution >= 4 is 5.91 Å². The van der Waals surface area contributed by atoms with Crippen LogP contribution < -0.4 is 5.32 Å². The van der Waals surface area contributed by atoms with E-state index >= 15 is 0 Å². The third-order valence-electron chi connectivity index (χ3n) is 4.73. The number of hydrogen-bond donors (Lipinski definition) is 1. The Bertz CT molecular complexity index is 698. The van der Waals surface area contributed by atoms with Crippen molar-refractivity contribution in [1.29, 1.82) is 0 Å². The summed E-state index contributed by atoms with van der Waals surface area (Å²) in [7, 11) is 1.67. The monoisotopic (exact) mass is 328 g/mol. The van der Waals surface area contributed by atoms with Crippen LogP contribution in [-0.4, -0.2) is 43.9 Å². The van der Waals surface area contributed by atoms with Crippen LogP contribution in [0.4, 0.5) is 0 Å². The molecule has 0 radical (unpaired) electrons. The zero-order valence-electron chi connectivity index (χ0n) is 14.4. The number of likely N-dealkylation sites (tertiary alicyclic amines) is 1. The molecule has 0 saturated carbocycles. The van der Waals surface area contributed by atoms with Crippen LogP contribution in [0.15, 0.2) is 31.0 Å². The molecular weight excluding hydrogens is 304 g/mol. The van der Waals surface area contributed by atoms with Gasteiger partial charge < -0.3 is 9.88 Å². The zero-order valence-corrected chi connectivity index (χ0v) is 14.4. The van der Waals surface area contributed by atoms with Gasteiger partial charge in [0.1, 0.15) is 11.4 Å². The molecule has 1 aliphatic rings. The van der Waals surface area contributed by atoms with E-state index in [0.717, 1.165) is 25.2 Å². The van der Waals surface area contributed by atoms with Gasteiger partial charge in [0.05, 0.1) is 18.4 Å². The Morgan fingerprint density at radius 1 is 1.33 bits per heavy atom. The van der Waals surface area contributed by atoms with Gasteiger partial charge in [-0.25, -0.2) is 4.98 Å². The second kappa shape index (κ2) is 6.68. The van der Waals surface area contributed by atoms with Crippen molar-refractivity contribution in [1.82, 2.24) is 29.7 Å². The number of imidazole rings is 1. The number of aromatic nitrogens is 4. The average Bonchev–Trinajstić information content (AvgIpc) is 3.23. The molecule has 0 aliphatic carbocycles. The van der Waals surface area contributed by atoms with Crippen LogP contribution >= 0.6 is 0 Å². The van der Waals surface area contributed by atoms with E-state index in [0.29, 0.717) is 18.3 Å². The fraction of sp³-hybridized carbons (Fsp3) is 0.529. The van der Waals surface area contributed by atoms with Gasteiger partial charge in [-0.1, -0.05) is 0 Å². The first kappa shape index (κ1) is 16.6. The molecule has 3 heterocycles. The number of rotatable bonds is 5. The van der Waals surface area contributed by atoms with Crippen molar-refractivity contribution in [2.75, 3.05) is 13.6 Å². The quantitative estimate of drug-likeness (QED) is 0.900. The predicted molar refractivity (Wildman–Crippen MR) is 90.0 cm³/mol. The molecule has 1 amide bonds. The van der Waals surface area contributed by atoms with Crippen LogP contribution in [0.2, 0.25) is 0 Å². The maximum Gasteiger partial charge on any atom is 0.246 e. The summed E-state index contributed by atoms with van der Waals surface area (Å²) in [5.74, 6) is 0.923. The van der Waals surface area contributed by atoms with Crippen molar-refractivity contribution < 1.29 is 4.79 Å². The van der Waals surface area contributed by atoms with Gasteiger partial charge in [0.25, 0.3) is 0 Å². The van der Waals surface area contributed by atoms with Crippen LogP contribution in [0.1, 0.15) is 44.2 Å². The van der Waals surface area contributed by atoms with Gasteiger partial charge in [0, 0.05) is 44.4 Å². The summed E-state index contributed by atoms with van der Waals surface area (Å²) >= 11 is 0. The molecule has 1 fully saturated rings. The van der Waals surface area contributed by atoms with E-state index in [9.17, 15) is 4.79 Å². The molecule has 0 aromatic carbocycles. The van der Waals surface area contributed by atoms with Crippen LogP contribution in [0.3, 0.4) is 0 Å². The molecule has 128 valence electrons. The number of likely N-dealkylation sites (N-methyl/N-ethyl adjacent to an activating group) is 1. The van der Waals surface area contributed by atoms with E-state index in [1.54, 1.807) is 25.6 Å². The lowest BCUT2D eigenvalue weighted by atomic mass is 9.90. The Labute approximate surface area is 142 Å². The lowest BCUT2D eigenvalue weighted by Gasteiger charge is -2.36. The first-order chi connectivity index (χ1) is 11.6. The minimum atomic E-state index is -0.781. The molecule has 7 heteroatoms. The van der Waals surface area contributed by atoms with Gasteiger partial charge in [0.2, 0.25) is 5.91 Å². The molecule has 0 unspecified atom stereocenters. The van der Waals surface area contributed by atoms with Gasteiger partial charge in [-0.2, -0.15) is 0 Å². The van der Waals surface area contributed by atoms with Crippen LogP contribution in [0.5, 0.6) is 0 Å². The molecule has 2 aromatic rings. The fourth-order valence-corrected chi connectivity index (χ4v) is 3.58. The molecule has 7 nitrogen and oxygen atoms in total. The second-order valence-corrected chi connectivity index (χ2v) is 6.40. The smallest absolute Gasteiger partial charge is 0.246 e. The van der Waals surface area contributed by atoms with Gasteiger partial charge in [0.15, 0.2) is 0 Å². The third kappa shape index (κ3) is 2.69. The number of carbonyl (C=O) groups is 1. The highest BCUT2D eigenvalue weighted by molar-refractivity contribution is 5.87. The molecule has 0 spiro atoms. The Hall–Kier alpha value is -2.28. The van der Waals surface area contributed by atoms with E-state index in [4.69, 9.17) is 0 Å². The Morgan fingerprint density at radius 3 is 2.83 bits per heavy atom. The minimum absolute atomic E-state index is 0.0387. The van der Waals surface area contributed by atoms with Gasteiger partial charge in [-0.05, 0) is 26.7 Å². The highest BCUT2D eigenvalue weighted by Gasteiger charge is 2.50. The number of nitrogens with one attached hydrogen (secondary N) is 1. The van der Waals surface area contributed by atoms with Gasteiger partial charge >= 0.3 is 0 Å². The summed E-state index contributed by atoms with van der Waals surface area (Å²) in [4.78, 5) is 28.1. The number of amides is 1. The molecule has 0 bridgehead atoms. The molecule has 1 atom stereocenters. The Kier molecular flexibility index (Phi) is 4.62. The Morgan fingerprint density at radius 2 is 2.17 bits per heavy atom. The SMILES string of the molecule is CNC(=O)[C@]1(c2cnccn2)CCCN1Cc1nccn1C(C)C. The maximum absolute atomic E-state index is 12.8. The van der Waals surface area contributed by atoms with E-state index in [2.05, 4.69) is 43.6 Å². The summed E-state index contributed by atoms with van der Waals surface area (Å²) in [6, 6.07) is 0.330. The normalized spacial score (nSPS) is 21.3. The lowest BCUT2D eigenvalue weighted by Crippen LogP contribution is -2.52. The van der Waals surface area contributed by atoms with Gasteiger partial charge in [-0.3, -0.25) is 19.7 Å². The molecule has 1 saturated heterocycles. The predicted octanol–water partition coefficient (Wildman–Crippen LogP) is 1.49. The van der Waals surface area contributed by atoms with Crippen molar-refractivity contribution in [2.24, 2.45) is 0 Å². The zero-order chi connectivity index (χ0) is 17.2. The number of carbonyl (C=O) groups excluding carboxylic acids is 1. The molecule has 1 aliphatic heterocycles. The first-order valence-electron chi connectivity index (χ1n) is 8.35. The summed E-state index contributed by atoms with van der Waals surface area (Å²) in [6.07, 6.45) is 10.4. The van der Waals surface area contributed by atoms with E-state index < -0.39 is 5.54 Å². The fourth-order valence-electron chi connectivity index (χ4n) is 3.58. The summed E-state index contributed by atoms with van der Waals surface area (Å²) in [5, 5.41) is 2.82. The van der Waals surface area contributed by atoms with Crippen molar-refractivity contribution in [3.8, 4) is 0 Å². The average molecular weight is 328 g/mol. The molecular formula is C17H24N6O.